The Morgan fingerprint density at radius 1 is 1.40 bits per heavy atom. The molecule has 1 fully saturated rings. The second-order valence-corrected chi connectivity index (χ2v) is 5.54. The molecule has 1 saturated carbocycles. The van der Waals surface area contributed by atoms with E-state index in [0.29, 0.717) is 0 Å². The Bertz CT molecular complexity index is 324. The summed E-state index contributed by atoms with van der Waals surface area (Å²) in [5, 5.41) is 3.63. The minimum Gasteiger partial charge on any atom is -0.310 e. The van der Waals surface area contributed by atoms with Crippen molar-refractivity contribution in [3.8, 4) is 0 Å². The quantitative estimate of drug-likeness (QED) is 0.880. The minimum atomic E-state index is 0.735. The molecule has 82 valence electrons. The molecule has 15 heavy (non-hydrogen) atoms. The van der Waals surface area contributed by atoms with Gasteiger partial charge in [-0.3, -0.25) is 0 Å². The molecule has 0 radical (unpaired) electrons. The van der Waals surface area contributed by atoms with Crippen LogP contribution in [0, 0.1) is 5.92 Å². The van der Waals surface area contributed by atoms with E-state index in [2.05, 4.69) is 52.4 Å². The zero-order valence-electron chi connectivity index (χ0n) is 9.17. The summed E-state index contributed by atoms with van der Waals surface area (Å²) in [4.78, 5) is 0. The fraction of sp³-hybridized carbons (Fsp3) is 0.538. The van der Waals surface area contributed by atoms with Gasteiger partial charge in [-0.2, -0.15) is 0 Å². The number of halogens is 1. The molecule has 2 heteroatoms. The first kappa shape index (κ1) is 11.2. The Labute approximate surface area is 100 Å². The van der Waals surface area contributed by atoms with Gasteiger partial charge in [0.15, 0.2) is 0 Å². The van der Waals surface area contributed by atoms with Gasteiger partial charge in [0.2, 0.25) is 0 Å². The summed E-state index contributed by atoms with van der Waals surface area (Å²) in [6, 6.07) is 9.26. The fourth-order valence-electron chi connectivity index (χ4n) is 2.30. The van der Waals surface area contributed by atoms with E-state index in [4.69, 9.17) is 0 Å². The van der Waals surface area contributed by atoms with Crippen LogP contribution in [-0.4, -0.2) is 6.04 Å². The molecule has 0 bridgehead atoms. The molecule has 2 atom stereocenters. The van der Waals surface area contributed by atoms with Gasteiger partial charge in [-0.25, -0.2) is 0 Å². The fourth-order valence-corrected chi connectivity index (χ4v) is 2.75. The van der Waals surface area contributed by atoms with Crippen molar-refractivity contribution < 1.29 is 0 Å². The molecule has 0 heterocycles. The smallest absolute Gasteiger partial charge is 0.0208 e. The van der Waals surface area contributed by atoms with Gasteiger partial charge < -0.3 is 5.32 Å². The lowest BCUT2D eigenvalue weighted by molar-refractivity contribution is 0.502. The number of nitrogens with one attached hydrogen (secondary N) is 1. The summed E-state index contributed by atoms with van der Waals surface area (Å²) < 4.78 is 1.17. The predicted octanol–water partition coefficient (Wildman–Crippen LogP) is 3.73. The van der Waals surface area contributed by atoms with Crippen LogP contribution in [-0.2, 0) is 6.54 Å². The van der Waals surface area contributed by atoms with Crippen LogP contribution in [0.15, 0.2) is 28.7 Å². The highest BCUT2D eigenvalue weighted by Gasteiger charge is 2.20. The maximum atomic E-state index is 3.63. The molecule has 0 saturated heterocycles. The first-order valence-corrected chi connectivity index (χ1v) is 6.51. The van der Waals surface area contributed by atoms with E-state index in [9.17, 15) is 0 Å². The van der Waals surface area contributed by atoms with Gasteiger partial charge in [0.05, 0.1) is 0 Å². The summed E-state index contributed by atoms with van der Waals surface area (Å²) >= 11 is 3.50. The average Bonchev–Trinajstić information content (AvgIpc) is 2.62. The van der Waals surface area contributed by atoms with Crippen LogP contribution < -0.4 is 5.32 Å². The van der Waals surface area contributed by atoms with E-state index < -0.39 is 0 Å². The molecule has 0 amide bonds. The van der Waals surface area contributed by atoms with E-state index in [1.165, 1.54) is 29.3 Å². The Hall–Kier alpha value is -0.340. The molecule has 1 aromatic carbocycles. The van der Waals surface area contributed by atoms with Crippen LogP contribution in [0.1, 0.15) is 31.7 Å². The minimum absolute atomic E-state index is 0.735. The molecule has 2 unspecified atom stereocenters. The first-order valence-electron chi connectivity index (χ1n) is 5.72. The van der Waals surface area contributed by atoms with E-state index in [1.54, 1.807) is 0 Å². The number of benzene rings is 1. The van der Waals surface area contributed by atoms with Gasteiger partial charge >= 0.3 is 0 Å². The third-order valence-corrected chi connectivity index (χ3v) is 3.67. The maximum Gasteiger partial charge on any atom is 0.0208 e. The SMILES string of the molecule is CC1CCC(NCc2cccc(Br)c2)C1. The van der Waals surface area contributed by atoms with E-state index in [0.717, 1.165) is 18.5 Å². The van der Waals surface area contributed by atoms with Crippen molar-refractivity contribution in [3.05, 3.63) is 34.3 Å². The monoisotopic (exact) mass is 267 g/mol. The van der Waals surface area contributed by atoms with Gasteiger partial charge in [0.1, 0.15) is 0 Å². The standard InChI is InChI=1S/C13H18BrN/c1-10-5-6-13(7-10)15-9-11-3-2-4-12(14)8-11/h2-4,8,10,13,15H,5-7,9H2,1H3. The lowest BCUT2D eigenvalue weighted by atomic mass is 10.1. The average molecular weight is 268 g/mol. The molecule has 1 aliphatic rings. The summed E-state index contributed by atoms with van der Waals surface area (Å²) in [5.74, 6) is 0.907. The van der Waals surface area contributed by atoms with Crippen molar-refractivity contribution in [3.63, 3.8) is 0 Å². The molecule has 0 spiro atoms. The normalized spacial score (nSPS) is 25.7. The van der Waals surface area contributed by atoms with Crippen molar-refractivity contribution in [2.24, 2.45) is 5.92 Å². The van der Waals surface area contributed by atoms with Crippen molar-refractivity contribution in [2.75, 3.05) is 0 Å². The Morgan fingerprint density at radius 2 is 2.27 bits per heavy atom. The van der Waals surface area contributed by atoms with Crippen molar-refractivity contribution in [2.45, 2.75) is 38.8 Å². The van der Waals surface area contributed by atoms with E-state index in [-0.39, 0.29) is 0 Å². The third kappa shape index (κ3) is 3.32. The highest BCUT2D eigenvalue weighted by atomic mass is 79.9. The molecule has 1 N–H and O–H groups in total. The van der Waals surface area contributed by atoms with Gasteiger partial charge in [0, 0.05) is 17.1 Å². The van der Waals surface area contributed by atoms with Crippen LogP contribution in [0.2, 0.25) is 0 Å². The molecule has 1 aliphatic carbocycles. The molecule has 0 aromatic heterocycles. The highest BCUT2D eigenvalue weighted by Crippen LogP contribution is 2.24. The van der Waals surface area contributed by atoms with Gasteiger partial charge in [0.25, 0.3) is 0 Å². The van der Waals surface area contributed by atoms with Crippen LogP contribution >= 0.6 is 15.9 Å². The zero-order valence-corrected chi connectivity index (χ0v) is 10.8. The van der Waals surface area contributed by atoms with E-state index >= 15 is 0 Å². The Kier molecular flexibility index (Phi) is 3.81. The van der Waals surface area contributed by atoms with Crippen molar-refractivity contribution >= 4 is 15.9 Å². The molecule has 0 aliphatic heterocycles. The number of rotatable bonds is 3. The summed E-state index contributed by atoms with van der Waals surface area (Å²) in [5.41, 5.74) is 1.36. The van der Waals surface area contributed by atoms with E-state index in [1.807, 2.05) is 0 Å². The lowest BCUT2D eigenvalue weighted by Gasteiger charge is -2.12. The van der Waals surface area contributed by atoms with Gasteiger partial charge in [-0.15, -0.1) is 0 Å². The summed E-state index contributed by atoms with van der Waals surface area (Å²) in [6.45, 7) is 3.34. The number of hydrogen-bond acceptors (Lipinski definition) is 1. The molecule has 2 rings (SSSR count). The molecular weight excluding hydrogens is 250 g/mol. The van der Waals surface area contributed by atoms with Crippen molar-refractivity contribution in [1.82, 2.24) is 5.32 Å². The summed E-state index contributed by atoms with van der Waals surface area (Å²) in [6.07, 6.45) is 4.07. The molecular formula is C13H18BrN. The third-order valence-electron chi connectivity index (χ3n) is 3.18. The zero-order chi connectivity index (χ0) is 10.7. The van der Waals surface area contributed by atoms with Crippen molar-refractivity contribution in [1.29, 1.82) is 0 Å². The lowest BCUT2D eigenvalue weighted by Crippen LogP contribution is -2.25. The Balaban J connectivity index is 1.83. The second-order valence-electron chi connectivity index (χ2n) is 4.63. The maximum absolute atomic E-state index is 3.63. The molecule has 1 nitrogen and oxygen atoms in total. The van der Waals surface area contributed by atoms with Crippen LogP contribution in [0.4, 0.5) is 0 Å². The Morgan fingerprint density at radius 3 is 2.93 bits per heavy atom. The van der Waals surface area contributed by atoms with Crippen LogP contribution in [0.5, 0.6) is 0 Å². The van der Waals surface area contributed by atoms with Crippen LogP contribution in [0.25, 0.3) is 0 Å². The van der Waals surface area contributed by atoms with Gasteiger partial charge in [-0.1, -0.05) is 35.0 Å². The first-order chi connectivity index (χ1) is 7.24. The summed E-state index contributed by atoms with van der Waals surface area (Å²) in [7, 11) is 0. The predicted molar refractivity (Wildman–Crippen MR) is 67.8 cm³/mol. The highest BCUT2D eigenvalue weighted by molar-refractivity contribution is 9.10. The van der Waals surface area contributed by atoms with Gasteiger partial charge in [-0.05, 0) is 42.9 Å². The topological polar surface area (TPSA) is 12.0 Å². The molecule has 1 aromatic rings. The second kappa shape index (κ2) is 5.13. The largest absolute Gasteiger partial charge is 0.310 e. The number of hydrogen-bond donors (Lipinski definition) is 1. The van der Waals surface area contributed by atoms with Crippen LogP contribution in [0.3, 0.4) is 0 Å².